The molecule has 3 aliphatic rings. The molecule has 2 unspecified atom stereocenters. The molecule has 142 valence electrons. The quantitative estimate of drug-likeness (QED) is 0.712. The minimum absolute atomic E-state index is 0.222. The predicted molar refractivity (Wildman–Crippen MR) is 95.2 cm³/mol. The number of amidine groups is 1. The summed E-state index contributed by atoms with van der Waals surface area (Å²) in [4.78, 5) is 46.1. The number of hydrogen-bond donors (Lipinski definition) is 0. The van der Waals surface area contributed by atoms with Crippen LogP contribution in [0, 0.1) is 5.92 Å². The number of guanidine groups is 1. The molecule has 0 N–H and O–H groups in total. The Morgan fingerprint density at radius 1 is 1.41 bits per heavy atom. The van der Waals surface area contributed by atoms with Crippen molar-refractivity contribution < 1.29 is 23.4 Å². The summed E-state index contributed by atoms with van der Waals surface area (Å²) in [5.41, 5.74) is 0. The van der Waals surface area contributed by atoms with Crippen LogP contribution < -0.4 is 0 Å². The highest BCUT2D eigenvalue weighted by atomic mass is 16.3. The van der Waals surface area contributed by atoms with E-state index in [9.17, 15) is 14.4 Å². The Bertz CT molecular complexity index is 872. The van der Waals surface area contributed by atoms with Crippen LogP contribution in [-0.2, 0) is 16.1 Å². The van der Waals surface area contributed by atoms with E-state index in [-0.39, 0.29) is 12.3 Å². The standard InChI is InChI=1S/C18H22N5O4/c1-11-7-21(10-13-5-4-6-27-13)17-19-15-14(22(17)8-11)16(25)23(9-12(2)24)18(26)20(15)3/h4-6,11,14H,7-10H2,1-3H3/q+1. The molecule has 0 radical (unpaired) electrons. The highest BCUT2D eigenvalue weighted by Gasteiger charge is 2.57. The molecular weight excluding hydrogens is 350 g/mol. The first kappa shape index (κ1) is 17.4. The van der Waals surface area contributed by atoms with Gasteiger partial charge in [-0.25, -0.2) is 9.69 Å². The number of amides is 3. The second-order valence-electron chi connectivity index (χ2n) is 7.36. The number of hydrogen-bond acceptors (Lipinski definition) is 6. The van der Waals surface area contributed by atoms with Crippen LogP contribution in [-0.4, -0.2) is 81.5 Å². The summed E-state index contributed by atoms with van der Waals surface area (Å²) in [6, 6.07) is 2.54. The van der Waals surface area contributed by atoms with Crippen molar-refractivity contribution >= 4 is 29.5 Å². The smallest absolute Gasteiger partial charge is 0.392 e. The van der Waals surface area contributed by atoms with Crippen molar-refractivity contribution in [1.29, 1.82) is 0 Å². The number of fused-ring (bicyclic) bond motifs is 3. The number of aliphatic imine (C=N–C) groups is 1. The Morgan fingerprint density at radius 3 is 2.85 bits per heavy atom. The van der Waals surface area contributed by atoms with Gasteiger partial charge in [0.1, 0.15) is 18.1 Å². The number of carbonyl (C=O) groups excluding carboxylic acids is 3. The van der Waals surface area contributed by atoms with E-state index < -0.39 is 18.0 Å². The van der Waals surface area contributed by atoms with E-state index in [1.54, 1.807) is 13.3 Å². The minimum Gasteiger partial charge on any atom is -0.466 e. The molecule has 4 rings (SSSR count). The van der Waals surface area contributed by atoms with Crippen LogP contribution in [0.3, 0.4) is 0 Å². The van der Waals surface area contributed by atoms with Gasteiger partial charge in [0.05, 0.1) is 25.9 Å². The number of nitrogens with zero attached hydrogens (tertiary/aromatic N) is 5. The summed E-state index contributed by atoms with van der Waals surface area (Å²) < 4.78 is 7.53. The van der Waals surface area contributed by atoms with Crippen LogP contribution >= 0.6 is 0 Å². The van der Waals surface area contributed by atoms with E-state index in [0.717, 1.165) is 17.2 Å². The Kier molecular flexibility index (Phi) is 4.09. The fourth-order valence-electron chi connectivity index (χ4n) is 3.89. The molecule has 9 heteroatoms. The summed E-state index contributed by atoms with van der Waals surface area (Å²) in [6.45, 7) is 5.22. The van der Waals surface area contributed by atoms with Crippen molar-refractivity contribution in [2.24, 2.45) is 10.9 Å². The van der Waals surface area contributed by atoms with Crippen LogP contribution in [0.5, 0.6) is 0 Å². The average Bonchev–Trinajstić information content (AvgIpc) is 3.24. The number of carbonyl (C=O) groups is 3. The zero-order chi connectivity index (χ0) is 19.3. The number of furan rings is 1. The van der Waals surface area contributed by atoms with E-state index in [4.69, 9.17) is 4.42 Å². The summed E-state index contributed by atoms with van der Waals surface area (Å²) in [5.74, 6) is 1.56. The topological polar surface area (TPSA) is 89.4 Å². The Balaban J connectivity index is 1.73. The monoisotopic (exact) mass is 372 g/mol. The minimum atomic E-state index is -0.677. The zero-order valence-corrected chi connectivity index (χ0v) is 15.6. The van der Waals surface area contributed by atoms with E-state index in [1.807, 2.05) is 17.0 Å². The highest BCUT2D eigenvalue weighted by molar-refractivity contribution is 6.26. The number of ketones is 1. The number of Topliss-reactive ketones (excluding diaryl/α,β-unsaturated/α-hetero) is 1. The van der Waals surface area contributed by atoms with Crippen molar-refractivity contribution in [3.05, 3.63) is 24.2 Å². The molecule has 27 heavy (non-hydrogen) atoms. The van der Waals surface area contributed by atoms with Gasteiger partial charge in [0, 0.05) is 13.0 Å². The van der Waals surface area contributed by atoms with Crippen LogP contribution in [0.4, 0.5) is 4.79 Å². The fourth-order valence-corrected chi connectivity index (χ4v) is 3.89. The molecule has 0 aliphatic carbocycles. The third-order valence-electron chi connectivity index (χ3n) is 5.02. The molecule has 1 fully saturated rings. The summed E-state index contributed by atoms with van der Waals surface area (Å²) in [6.07, 6.45) is 1.63. The van der Waals surface area contributed by atoms with Crippen LogP contribution in [0.15, 0.2) is 27.8 Å². The average molecular weight is 372 g/mol. The molecule has 1 saturated heterocycles. The number of imide groups is 1. The first-order chi connectivity index (χ1) is 12.9. The van der Waals surface area contributed by atoms with E-state index >= 15 is 0 Å². The summed E-state index contributed by atoms with van der Waals surface area (Å²) in [5, 5.41) is 0. The third kappa shape index (κ3) is 2.83. The molecule has 3 aliphatic heterocycles. The largest absolute Gasteiger partial charge is 0.466 e. The van der Waals surface area contributed by atoms with Gasteiger partial charge in [-0.2, -0.15) is 0 Å². The van der Waals surface area contributed by atoms with Gasteiger partial charge in [-0.1, -0.05) is 11.9 Å². The van der Waals surface area contributed by atoms with Crippen LogP contribution in [0.1, 0.15) is 19.6 Å². The van der Waals surface area contributed by atoms with Gasteiger partial charge in [-0.05, 0) is 19.1 Å². The Labute approximate surface area is 156 Å². The zero-order valence-electron chi connectivity index (χ0n) is 15.6. The van der Waals surface area contributed by atoms with Gasteiger partial charge >= 0.3 is 12.0 Å². The normalized spacial score (nSPS) is 25.0. The van der Waals surface area contributed by atoms with Gasteiger partial charge in [0.2, 0.25) is 11.9 Å². The SMILES string of the molecule is CC(=O)CN1C(=O)C2C(=NC3=[N+](Cc4ccco4)CC(C)CN32)N(C)C1=O. The van der Waals surface area contributed by atoms with Gasteiger partial charge in [-0.3, -0.25) is 24.0 Å². The van der Waals surface area contributed by atoms with Crippen molar-refractivity contribution in [3.63, 3.8) is 0 Å². The fraction of sp³-hybridized carbons (Fsp3) is 0.500. The number of rotatable bonds is 4. The van der Waals surface area contributed by atoms with Gasteiger partial charge < -0.3 is 4.42 Å². The van der Waals surface area contributed by atoms with Crippen molar-refractivity contribution in [3.8, 4) is 0 Å². The lowest BCUT2D eigenvalue weighted by atomic mass is 10.1. The van der Waals surface area contributed by atoms with Crippen molar-refractivity contribution in [1.82, 2.24) is 14.7 Å². The van der Waals surface area contributed by atoms with E-state index in [1.165, 1.54) is 11.8 Å². The lowest BCUT2D eigenvalue weighted by molar-refractivity contribution is -0.563. The molecule has 4 heterocycles. The maximum Gasteiger partial charge on any atom is 0.392 e. The Hall–Kier alpha value is -2.97. The third-order valence-corrected chi connectivity index (χ3v) is 5.02. The maximum absolute atomic E-state index is 13.0. The molecule has 9 nitrogen and oxygen atoms in total. The maximum atomic E-state index is 13.0. The Morgan fingerprint density at radius 2 is 2.19 bits per heavy atom. The van der Waals surface area contributed by atoms with E-state index in [2.05, 4.69) is 16.5 Å². The molecule has 0 aromatic carbocycles. The number of urea groups is 1. The van der Waals surface area contributed by atoms with Crippen LogP contribution in [0.2, 0.25) is 0 Å². The first-order valence-corrected chi connectivity index (χ1v) is 8.95. The lowest BCUT2D eigenvalue weighted by Gasteiger charge is -2.36. The second-order valence-corrected chi connectivity index (χ2v) is 7.36. The molecule has 1 aromatic rings. The molecule has 2 atom stereocenters. The molecule has 0 bridgehead atoms. The molecular formula is C18H22N5O4+. The summed E-state index contributed by atoms with van der Waals surface area (Å²) in [7, 11) is 1.59. The molecule has 0 spiro atoms. The lowest BCUT2D eigenvalue weighted by Crippen LogP contribution is -2.65. The van der Waals surface area contributed by atoms with Gasteiger partial charge in [0.15, 0.2) is 0 Å². The van der Waals surface area contributed by atoms with Crippen molar-refractivity contribution in [2.75, 3.05) is 26.7 Å². The van der Waals surface area contributed by atoms with Crippen LogP contribution in [0.25, 0.3) is 0 Å². The highest BCUT2D eigenvalue weighted by Crippen LogP contribution is 2.27. The molecule has 0 saturated carbocycles. The number of likely N-dealkylation sites (N-methyl/N-ethyl adjacent to an activating group) is 1. The van der Waals surface area contributed by atoms with E-state index in [0.29, 0.717) is 30.8 Å². The summed E-state index contributed by atoms with van der Waals surface area (Å²) >= 11 is 0. The first-order valence-electron chi connectivity index (χ1n) is 8.95. The van der Waals surface area contributed by atoms with Crippen molar-refractivity contribution in [2.45, 2.75) is 26.4 Å². The van der Waals surface area contributed by atoms with Gasteiger partial charge in [0.25, 0.3) is 5.91 Å². The van der Waals surface area contributed by atoms with Gasteiger partial charge in [-0.15, -0.1) is 0 Å². The molecule has 3 amide bonds. The second kappa shape index (κ2) is 6.33. The predicted octanol–water partition coefficient (Wildman–Crippen LogP) is 0.364. The molecule has 1 aromatic heterocycles.